The molecule has 0 amide bonds. The molecule has 2 atom stereocenters. The first-order valence-corrected chi connectivity index (χ1v) is 3.52. The molecule has 1 rings (SSSR count). The molecule has 1 aliphatic rings. The zero-order valence-corrected chi connectivity index (χ0v) is 5.90. The van der Waals surface area contributed by atoms with Gasteiger partial charge in [0.05, 0.1) is 6.10 Å². The van der Waals surface area contributed by atoms with E-state index in [0.717, 1.165) is 0 Å². The second-order valence-electron chi connectivity index (χ2n) is 2.79. The molecule has 0 spiro atoms. The fourth-order valence-electron chi connectivity index (χ4n) is 1.34. The topological polar surface area (TPSA) is 69.7 Å². The van der Waals surface area contributed by atoms with Crippen LogP contribution >= 0.6 is 0 Å². The fourth-order valence-corrected chi connectivity index (χ4v) is 1.34. The second kappa shape index (κ2) is 3.30. The van der Waals surface area contributed by atoms with E-state index in [-0.39, 0.29) is 18.6 Å². The third-order valence-corrected chi connectivity index (χ3v) is 1.93. The standard InChI is InChI=1S/C6H14N2O2/c7-8-3-5(1-2-9)6(10)4-8/h5-6,9-10H,1-4,7H2. The Bertz CT molecular complexity index is 110. The molecule has 2 unspecified atom stereocenters. The van der Waals surface area contributed by atoms with Crippen LogP contribution in [0, 0.1) is 5.92 Å². The Morgan fingerprint density at radius 3 is 2.60 bits per heavy atom. The van der Waals surface area contributed by atoms with E-state index in [2.05, 4.69) is 0 Å². The van der Waals surface area contributed by atoms with Crippen molar-refractivity contribution in [2.24, 2.45) is 11.8 Å². The maximum absolute atomic E-state index is 9.26. The first-order chi connectivity index (χ1) is 4.74. The highest BCUT2D eigenvalue weighted by Crippen LogP contribution is 2.16. The number of nitrogens with two attached hydrogens (primary N) is 1. The zero-order chi connectivity index (χ0) is 7.56. The Hall–Kier alpha value is -0.160. The van der Waals surface area contributed by atoms with Gasteiger partial charge in [-0.05, 0) is 6.42 Å². The largest absolute Gasteiger partial charge is 0.396 e. The Labute approximate surface area is 60.2 Å². The molecule has 0 bridgehead atoms. The van der Waals surface area contributed by atoms with Crippen LogP contribution in [0.4, 0.5) is 0 Å². The van der Waals surface area contributed by atoms with Gasteiger partial charge in [0.25, 0.3) is 0 Å². The summed E-state index contributed by atoms with van der Waals surface area (Å²) >= 11 is 0. The molecule has 4 N–H and O–H groups in total. The Morgan fingerprint density at radius 1 is 1.50 bits per heavy atom. The van der Waals surface area contributed by atoms with E-state index in [1.165, 1.54) is 0 Å². The molecule has 60 valence electrons. The monoisotopic (exact) mass is 146 g/mol. The molecular formula is C6H14N2O2. The predicted octanol–water partition coefficient (Wildman–Crippen LogP) is -1.46. The maximum Gasteiger partial charge on any atom is 0.0722 e. The highest BCUT2D eigenvalue weighted by molar-refractivity contribution is 4.80. The van der Waals surface area contributed by atoms with Crippen LogP contribution < -0.4 is 5.84 Å². The first kappa shape index (κ1) is 7.94. The van der Waals surface area contributed by atoms with E-state index >= 15 is 0 Å². The molecule has 1 aliphatic heterocycles. The van der Waals surface area contributed by atoms with Crippen molar-refractivity contribution >= 4 is 0 Å². The van der Waals surface area contributed by atoms with Crippen molar-refractivity contribution in [2.45, 2.75) is 12.5 Å². The molecule has 0 aromatic rings. The minimum absolute atomic E-state index is 0.134. The lowest BCUT2D eigenvalue weighted by atomic mass is 10.0. The van der Waals surface area contributed by atoms with Crippen LogP contribution in [0.2, 0.25) is 0 Å². The average Bonchev–Trinajstić information content (AvgIpc) is 2.13. The molecular weight excluding hydrogens is 132 g/mol. The summed E-state index contributed by atoms with van der Waals surface area (Å²) in [5.41, 5.74) is 0. The summed E-state index contributed by atoms with van der Waals surface area (Å²) in [5.74, 6) is 5.60. The molecule has 0 radical (unpaired) electrons. The van der Waals surface area contributed by atoms with Crippen LogP contribution in [0.15, 0.2) is 0 Å². The molecule has 1 saturated heterocycles. The van der Waals surface area contributed by atoms with E-state index in [9.17, 15) is 5.11 Å². The average molecular weight is 146 g/mol. The minimum Gasteiger partial charge on any atom is -0.396 e. The highest BCUT2D eigenvalue weighted by atomic mass is 16.3. The van der Waals surface area contributed by atoms with Crippen molar-refractivity contribution in [1.82, 2.24) is 5.01 Å². The van der Waals surface area contributed by atoms with Crippen molar-refractivity contribution in [3.8, 4) is 0 Å². The van der Waals surface area contributed by atoms with E-state index in [4.69, 9.17) is 10.9 Å². The normalized spacial score (nSPS) is 35.1. The summed E-state index contributed by atoms with van der Waals surface area (Å²) in [6.45, 7) is 1.36. The third-order valence-electron chi connectivity index (χ3n) is 1.93. The van der Waals surface area contributed by atoms with Gasteiger partial charge < -0.3 is 10.2 Å². The molecule has 4 heteroatoms. The van der Waals surface area contributed by atoms with Crippen molar-refractivity contribution in [3.05, 3.63) is 0 Å². The summed E-state index contributed by atoms with van der Waals surface area (Å²) in [7, 11) is 0. The van der Waals surface area contributed by atoms with E-state index in [1.54, 1.807) is 5.01 Å². The Balaban J connectivity index is 2.31. The number of aliphatic hydroxyl groups is 2. The van der Waals surface area contributed by atoms with Gasteiger partial charge in [0.1, 0.15) is 0 Å². The quantitative estimate of drug-likeness (QED) is 0.416. The molecule has 0 aromatic heterocycles. The van der Waals surface area contributed by atoms with Crippen molar-refractivity contribution in [2.75, 3.05) is 19.7 Å². The van der Waals surface area contributed by atoms with Gasteiger partial charge in [0.2, 0.25) is 0 Å². The van der Waals surface area contributed by atoms with Gasteiger partial charge in [0, 0.05) is 25.6 Å². The van der Waals surface area contributed by atoms with Gasteiger partial charge in [-0.15, -0.1) is 0 Å². The van der Waals surface area contributed by atoms with Crippen LogP contribution in [0.5, 0.6) is 0 Å². The number of nitrogens with zero attached hydrogens (tertiary/aromatic N) is 1. The van der Waals surface area contributed by atoms with Crippen LogP contribution in [0.25, 0.3) is 0 Å². The highest BCUT2D eigenvalue weighted by Gasteiger charge is 2.28. The summed E-state index contributed by atoms with van der Waals surface area (Å²) < 4.78 is 0. The molecule has 4 nitrogen and oxygen atoms in total. The maximum atomic E-state index is 9.26. The number of hydrazine groups is 1. The van der Waals surface area contributed by atoms with Crippen LogP contribution in [-0.4, -0.2) is 41.0 Å². The number of aliphatic hydroxyl groups excluding tert-OH is 2. The molecule has 0 aromatic carbocycles. The lowest BCUT2D eigenvalue weighted by molar-refractivity contribution is 0.124. The SMILES string of the molecule is NN1CC(O)C(CCO)C1. The van der Waals surface area contributed by atoms with Gasteiger partial charge in [-0.25, -0.2) is 5.01 Å². The Kier molecular flexibility index (Phi) is 2.62. The first-order valence-electron chi connectivity index (χ1n) is 3.52. The zero-order valence-electron chi connectivity index (χ0n) is 5.90. The van der Waals surface area contributed by atoms with E-state index < -0.39 is 0 Å². The molecule has 0 aliphatic carbocycles. The third kappa shape index (κ3) is 1.67. The van der Waals surface area contributed by atoms with E-state index in [0.29, 0.717) is 19.5 Å². The molecule has 1 heterocycles. The minimum atomic E-state index is -0.350. The summed E-state index contributed by atoms with van der Waals surface area (Å²) in [6.07, 6.45) is 0.298. The van der Waals surface area contributed by atoms with Crippen molar-refractivity contribution in [1.29, 1.82) is 0 Å². The van der Waals surface area contributed by atoms with Crippen LogP contribution in [0.1, 0.15) is 6.42 Å². The van der Waals surface area contributed by atoms with Crippen molar-refractivity contribution in [3.63, 3.8) is 0 Å². The number of hydrogen-bond donors (Lipinski definition) is 3. The van der Waals surface area contributed by atoms with Crippen molar-refractivity contribution < 1.29 is 10.2 Å². The van der Waals surface area contributed by atoms with Gasteiger partial charge in [-0.3, -0.25) is 5.84 Å². The lowest BCUT2D eigenvalue weighted by Gasteiger charge is -2.09. The van der Waals surface area contributed by atoms with Crippen LogP contribution in [-0.2, 0) is 0 Å². The number of β-amino-alcohol motifs (C(OH)–C–C–N with tert-alkyl or cyclic N) is 1. The summed E-state index contributed by atoms with van der Waals surface area (Å²) in [5, 5.41) is 19.4. The van der Waals surface area contributed by atoms with Crippen LogP contribution in [0.3, 0.4) is 0 Å². The summed E-state index contributed by atoms with van der Waals surface area (Å²) in [6, 6.07) is 0. The Morgan fingerprint density at radius 2 is 2.20 bits per heavy atom. The molecule has 10 heavy (non-hydrogen) atoms. The number of rotatable bonds is 2. The van der Waals surface area contributed by atoms with Gasteiger partial charge in [-0.2, -0.15) is 0 Å². The van der Waals surface area contributed by atoms with Gasteiger partial charge >= 0.3 is 0 Å². The lowest BCUT2D eigenvalue weighted by Crippen LogP contribution is -2.28. The fraction of sp³-hybridized carbons (Fsp3) is 1.00. The van der Waals surface area contributed by atoms with E-state index in [1.807, 2.05) is 0 Å². The second-order valence-corrected chi connectivity index (χ2v) is 2.79. The molecule has 0 saturated carbocycles. The summed E-state index contributed by atoms with van der Waals surface area (Å²) in [4.78, 5) is 0. The molecule has 1 fully saturated rings. The number of hydrogen-bond acceptors (Lipinski definition) is 4. The predicted molar refractivity (Wildman–Crippen MR) is 37.0 cm³/mol. The van der Waals surface area contributed by atoms with Gasteiger partial charge in [0.15, 0.2) is 0 Å². The smallest absolute Gasteiger partial charge is 0.0722 e. The van der Waals surface area contributed by atoms with Gasteiger partial charge in [-0.1, -0.05) is 0 Å².